The summed E-state index contributed by atoms with van der Waals surface area (Å²) in [5, 5.41) is 3.62. The van der Waals surface area contributed by atoms with Crippen LogP contribution in [0.15, 0.2) is 40.9 Å². The predicted octanol–water partition coefficient (Wildman–Crippen LogP) is 4.99. The van der Waals surface area contributed by atoms with Crippen LogP contribution in [0.2, 0.25) is 5.02 Å². The topological polar surface area (TPSA) is 12.0 Å². The van der Waals surface area contributed by atoms with Gasteiger partial charge in [0.1, 0.15) is 11.6 Å². The molecule has 0 spiro atoms. The molecule has 0 saturated heterocycles. The second kappa shape index (κ2) is 5.67. The van der Waals surface area contributed by atoms with Gasteiger partial charge in [0.25, 0.3) is 0 Å². The van der Waals surface area contributed by atoms with Crippen LogP contribution in [0.1, 0.15) is 5.56 Å². The Balaban J connectivity index is 2.13. The zero-order valence-corrected chi connectivity index (χ0v) is 11.5. The van der Waals surface area contributed by atoms with E-state index in [0.717, 1.165) is 16.2 Å². The van der Waals surface area contributed by atoms with E-state index in [9.17, 15) is 8.78 Å². The van der Waals surface area contributed by atoms with Crippen LogP contribution in [-0.2, 0) is 6.54 Å². The van der Waals surface area contributed by atoms with Gasteiger partial charge in [-0.15, -0.1) is 0 Å². The van der Waals surface area contributed by atoms with Gasteiger partial charge < -0.3 is 5.32 Å². The van der Waals surface area contributed by atoms with Crippen molar-refractivity contribution in [2.75, 3.05) is 5.32 Å². The number of hydrogen-bond acceptors (Lipinski definition) is 1. The van der Waals surface area contributed by atoms with Gasteiger partial charge in [-0.25, -0.2) is 8.78 Å². The average Bonchev–Trinajstić information content (AvgIpc) is 2.32. The van der Waals surface area contributed by atoms with Crippen LogP contribution in [0.3, 0.4) is 0 Å². The zero-order valence-electron chi connectivity index (χ0n) is 9.18. The maximum absolute atomic E-state index is 13.4. The summed E-state index contributed by atoms with van der Waals surface area (Å²) in [5.74, 6) is -1.15. The highest BCUT2D eigenvalue weighted by atomic mass is 79.9. The predicted molar refractivity (Wildman–Crippen MR) is 72.8 cm³/mol. The molecule has 2 aromatic carbocycles. The van der Waals surface area contributed by atoms with Crippen LogP contribution < -0.4 is 5.32 Å². The molecule has 0 atom stereocenters. The first kappa shape index (κ1) is 13.3. The molecule has 0 aliphatic carbocycles. The van der Waals surface area contributed by atoms with Crippen molar-refractivity contribution in [3.8, 4) is 0 Å². The number of halogens is 4. The van der Waals surface area contributed by atoms with Gasteiger partial charge in [0, 0.05) is 27.7 Å². The normalized spacial score (nSPS) is 10.4. The first-order valence-electron chi connectivity index (χ1n) is 5.19. The van der Waals surface area contributed by atoms with Crippen LogP contribution in [0.25, 0.3) is 0 Å². The van der Waals surface area contributed by atoms with Crippen molar-refractivity contribution in [2.24, 2.45) is 0 Å². The van der Waals surface area contributed by atoms with Crippen molar-refractivity contribution in [3.63, 3.8) is 0 Å². The molecule has 94 valence electrons. The molecule has 2 rings (SSSR count). The van der Waals surface area contributed by atoms with Crippen molar-refractivity contribution in [2.45, 2.75) is 6.54 Å². The lowest BCUT2D eigenvalue weighted by Gasteiger charge is -2.09. The van der Waals surface area contributed by atoms with Gasteiger partial charge >= 0.3 is 0 Å². The smallest absolute Gasteiger partial charge is 0.131 e. The van der Waals surface area contributed by atoms with E-state index in [-0.39, 0.29) is 6.54 Å². The second-order valence-electron chi connectivity index (χ2n) is 3.71. The van der Waals surface area contributed by atoms with Gasteiger partial charge in [0.05, 0.1) is 5.69 Å². The summed E-state index contributed by atoms with van der Waals surface area (Å²) in [6, 6.07) is 8.78. The van der Waals surface area contributed by atoms with Crippen molar-refractivity contribution in [1.82, 2.24) is 0 Å². The summed E-state index contributed by atoms with van der Waals surface area (Å²) >= 11 is 9.23. The Kier molecular flexibility index (Phi) is 4.19. The minimum atomic E-state index is -0.583. The van der Waals surface area contributed by atoms with E-state index in [1.54, 1.807) is 18.2 Å². The van der Waals surface area contributed by atoms with Gasteiger partial charge in [-0.2, -0.15) is 0 Å². The monoisotopic (exact) mass is 331 g/mol. The van der Waals surface area contributed by atoms with Crippen LogP contribution in [0, 0.1) is 11.6 Å². The third-order valence-electron chi connectivity index (χ3n) is 2.41. The van der Waals surface area contributed by atoms with Crippen LogP contribution in [0.5, 0.6) is 0 Å². The molecule has 0 bridgehead atoms. The molecule has 5 heteroatoms. The van der Waals surface area contributed by atoms with E-state index < -0.39 is 11.6 Å². The molecule has 0 saturated carbocycles. The number of hydrogen-bond donors (Lipinski definition) is 1. The molecule has 0 radical (unpaired) electrons. The Morgan fingerprint density at radius 2 is 1.89 bits per heavy atom. The molecule has 0 aromatic heterocycles. The molecule has 0 aliphatic heterocycles. The minimum absolute atomic E-state index is 0.255. The molecular weight excluding hydrogens is 324 g/mol. The van der Waals surface area contributed by atoms with Gasteiger partial charge in [-0.05, 0) is 40.2 Å². The van der Waals surface area contributed by atoms with Crippen molar-refractivity contribution < 1.29 is 8.78 Å². The molecule has 1 nitrogen and oxygen atoms in total. The Morgan fingerprint density at radius 3 is 2.61 bits per heavy atom. The summed E-state index contributed by atoms with van der Waals surface area (Å²) in [6.07, 6.45) is 0. The van der Waals surface area contributed by atoms with E-state index in [2.05, 4.69) is 21.2 Å². The standard InChI is InChI=1S/C13H9BrClF2N/c14-11-4-2-9(15)5-13(11)18-7-8-1-3-10(16)6-12(8)17/h1-6,18H,7H2. The van der Waals surface area contributed by atoms with Crippen LogP contribution in [0.4, 0.5) is 14.5 Å². The number of benzene rings is 2. The molecule has 0 aliphatic rings. The van der Waals surface area contributed by atoms with E-state index in [1.165, 1.54) is 12.1 Å². The zero-order chi connectivity index (χ0) is 13.1. The van der Waals surface area contributed by atoms with Crippen molar-refractivity contribution in [1.29, 1.82) is 0 Å². The lowest BCUT2D eigenvalue weighted by molar-refractivity contribution is 0.574. The van der Waals surface area contributed by atoms with E-state index in [1.807, 2.05) is 0 Å². The number of rotatable bonds is 3. The number of nitrogens with one attached hydrogen (secondary N) is 1. The van der Waals surface area contributed by atoms with Gasteiger partial charge in [0.15, 0.2) is 0 Å². The summed E-state index contributed by atoms with van der Waals surface area (Å²) in [4.78, 5) is 0. The fourth-order valence-electron chi connectivity index (χ4n) is 1.49. The first-order chi connectivity index (χ1) is 8.56. The molecule has 0 fully saturated rings. The Bertz CT molecular complexity index is 575. The fraction of sp³-hybridized carbons (Fsp3) is 0.0769. The molecule has 1 N–H and O–H groups in total. The molecule has 0 amide bonds. The number of anilines is 1. The van der Waals surface area contributed by atoms with Crippen LogP contribution in [-0.4, -0.2) is 0 Å². The van der Waals surface area contributed by atoms with Crippen molar-refractivity contribution in [3.05, 3.63) is 63.1 Å². The lowest BCUT2D eigenvalue weighted by Crippen LogP contribution is -2.02. The highest BCUT2D eigenvalue weighted by Crippen LogP contribution is 2.26. The quantitative estimate of drug-likeness (QED) is 0.834. The van der Waals surface area contributed by atoms with Gasteiger partial charge in [-0.3, -0.25) is 0 Å². The van der Waals surface area contributed by atoms with Gasteiger partial charge in [-0.1, -0.05) is 17.7 Å². The van der Waals surface area contributed by atoms with Gasteiger partial charge in [0.2, 0.25) is 0 Å². The van der Waals surface area contributed by atoms with E-state index >= 15 is 0 Å². The Hall–Kier alpha value is -1.13. The second-order valence-corrected chi connectivity index (χ2v) is 5.00. The van der Waals surface area contributed by atoms with E-state index in [0.29, 0.717) is 10.6 Å². The lowest BCUT2D eigenvalue weighted by atomic mass is 10.2. The maximum atomic E-state index is 13.4. The summed E-state index contributed by atoms with van der Waals surface area (Å²) < 4.78 is 27.0. The SMILES string of the molecule is Fc1ccc(CNc2cc(Cl)ccc2Br)c(F)c1. The van der Waals surface area contributed by atoms with E-state index in [4.69, 9.17) is 11.6 Å². The summed E-state index contributed by atoms with van der Waals surface area (Å²) in [6.45, 7) is 0.255. The molecule has 2 aromatic rings. The molecular formula is C13H9BrClF2N. The molecule has 0 unspecified atom stereocenters. The largest absolute Gasteiger partial charge is 0.380 e. The third-order valence-corrected chi connectivity index (χ3v) is 3.34. The molecule has 18 heavy (non-hydrogen) atoms. The highest BCUT2D eigenvalue weighted by molar-refractivity contribution is 9.10. The average molecular weight is 333 g/mol. The maximum Gasteiger partial charge on any atom is 0.131 e. The fourth-order valence-corrected chi connectivity index (χ4v) is 2.05. The Labute approximate surface area is 117 Å². The minimum Gasteiger partial charge on any atom is -0.380 e. The summed E-state index contributed by atoms with van der Waals surface area (Å²) in [5.41, 5.74) is 1.15. The molecule has 0 heterocycles. The Morgan fingerprint density at radius 1 is 1.11 bits per heavy atom. The summed E-state index contributed by atoms with van der Waals surface area (Å²) in [7, 11) is 0. The third kappa shape index (κ3) is 3.21. The first-order valence-corrected chi connectivity index (χ1v) is 6.36. The highest BCUT2D eigenvalue weighted by Gasteiger charge is 2.05. The van der Waals surface area contributed by atoms with Crippen molar-refractivity contribution >= 4 is 33.2 Å². The van der Waals surface area contributed by atoms with Crippen LogP contribution >= 0.6 is 27.5 Å².